The zero-order chi connectivity index (χ0) is 12.3. The van der Waals surface area contributed by atoms with Gasteiger partial charge in [0.25, 0.3) is 0 Å². The van der Waals surface area contributed by atoms with Gasteiger partial charge >= 0.3 is 0 Å². The van der Waals surface area contributed by atoms with E-state index in [2.05, 4.69) is 51.2 Å². The van der Waals surface area contributed by atoms with Gasteiger partial charge in [-0.3, -0.25) is 0 Å². The third kappa shape index (κ3) is 2.78. The van der Waals surface area contributed by atoms with Crippen molar-refractivity contribution in [3.05, 3.63) is 29.3 Å². The van der Waals surface area contributed by atoms with E-state index in [-0.39, 0.29) is 5.54 Å². The molecule has 0 fully saturated rings. The molecule has 0 saturated heterocycles. The average molecular weight is 219 g/mol. The molecule has 1 heterocycles. The number of aryl methyl sites for hydroxylation is 1. The van der Waals surface area contributed by atoms with E-state index in [4.69, 9.17) is 0 Å². The molecule has 1 nitrogen and oxygen atoms in total. The van der Waals surface area contributed by atoms with Crippen LogP contribution >= 0.6 is 0 Å². The molecule has 0 spiro atoms. The van der Waals surface area contributed by atoms with E-state index in [1.54, 1.807) is 0 Å². The lowest BCUT2D eigenvalue weighted by Gasteiger charge is -2.37. The molecule has 1 aromatic rings. The lowest BCUT2D eigenvalue weighted by Crippen LogP contribution is -2.36. The molecular weight excluding hydrogens is 194 g/mol. The molecular formula is C15H25N. The molecule has 0 aliphatic carbocycles. The van der Waals surface area contributed by atoms with E-state index in [0.717, 1.165) is 0 Å². The highest BCUT2D eigenvalue weighted by atomic mass is 15.0. The van der Waals surface area contributed by atoms with Gasteiger partial charge in [-0.1, -0.05) is 38.5 Å². The number of benzene rings is 1. The van der Waals surface area contributed by atoms with E-state index >= 15 is 0 Å². The fraction of sp³-hybridized carbons (Fsp3) is 0.600. The van der Waals surface area contributed by atoms with Crippen LogP contribution in [-0.4, -0.2) is 5.54 Å². The Kier molecular flexibility index (Phi) is 4.01. The molecule has 0 saturated carbocycles. The smallest absolute Gasteiger partial charge is 0.0379 e. The number of hydrogen-bond acceptors (Lipinski definition) is 1. The van der Waals surface area contributed by atoms with Gasteiger partial charge in [0.15, 0.2) is 0 Å². The summed E-state index contributed by atoms with van der Waals surface area (Å²) < 4.78 is 0. The highest BCUT2D eigenvalue weighted by molar-refractivity contribution is 5.57. The van der Waals surface area contributed by atoms with Gasteiger partial charge in [-0.05, 0) is 44.7 Å². The zero-order valence-electron chi connectivity index (χ0n) is 11.5. The molecule has 0 amide bonds. The van der Waals surface area contributed by atoms with Crippen molar-refractivity contribution in [2.75, 3.05) is 5.32 Å². The number of fused-ring (bicyclic) bond motifs is 1. The summed E-state index contributed by atoms with van der Waals surface area (Å²) >= 11 is 0. The minimum Gasteiger partial charge on any atom is -0.380 e. The minimum atomic E-state index is 0.238. The second-order valence-corrected chi connectivity index (χ2v) is 5.20. The van der Waals surface area contributed by atoms with Crippen molar-refractivity contribution in [2.24, 2.45) is 0 Å². The minimum absolute atomic E-state index is 0.238. The van der Waals surface area contributed by atoms with Crippen LogP contribution in [0.4, 0.5) is 5.69 Å². The van der Waals surface area contributed by atoms with Crippen LogP contribution in [0.15, 0.2) is 18.2 Å². The average Bonchev–Trinajstić information content (AvgIpc) is 2.21. The highest BCUT2D eigenvalue weighted by Gasteiger charge is 2.28. The van der Waals surface area contributed by atoms with E-state index in [1.165, 1.54) is 23.2 Å². The summed E-state index contributed by atoms with van der Waals surface area (Å²) in [4.78, 5) is 0. The lowest BCUT2D eigenvalue weighted by molar-refractivity contribution is 0.454. The molecule has 1 aliphatic rings. The van der Waals surface area contributed by atoms with Gasteiger partial charge in [-0.25, -0.2) is 0 Å². The summed E-state index contributed by atoms with van der Waals surface area (Å²) in [5, 5.41) is 3.59. The molecule has 0 bridgehead atoms. The first kappa shape index (κ1) is 13.1. The Labute approximate surface area is 100 Å². The topological polar surface area (TPSA) is 12.0 Å². The van der Waals surface area contributed by atoms with Gasteiger partial charge in [-0.15, -0.1) is 0 Å². The van der Waals surface area contributed by atoms with Crippen molar-refractivity contribution in [3.8, 4) is 0 Å². The second kappa shape index (κ2) is 4.90. The van der Waals surface area contributed by atoms with E-state index < -0.39 is 0 Å². The van der Waals surface area contributed by atoms with Crippen LogP contribution in [-0.2, 0) is 0 Å². The highest BCUT2D eigenvalue weighted by Crippen LogP contribution is 2.38. The lowest BCUT2D eigenvalue weighted by atomic mass is 9.81. The molecule has 0 unspecified atom stereocenters. The maximum Gasteiger partial charge on any atom is 0.0379 e. The van der Waals surface area contributed by atoms with Crippen LogP contribution in [0.5, 0.6) is 0 Å². The Bertz CT molecular complexity index is 352. The Hall–Kier alpha value is -0.980. The largest absolute Gasteiger partial charge is 0.380 e. The first-order chi connectivity index (χ1) is 7.48. The summed E-state index contributed by atoms with van der Waals surface area (Å²) in [6.07, 6.45) is 1.21. The monoisotopic (exact) mass is 219 g/mol. The third-order valence-electron chi connectivity index (χ3n) is 3.03. The zero-order valence-corrected chi connectivity index (χ0v) is 11.5. The number of nitrogens with one attached hydrogen (secondary N) is 1. The van der Waals surface area contributed by atoms with Crippen LogP contribution in [0.2, 0.25) is 0 Å². The predicted octanol–water partition coefficient (Wildman–Crippen LogP) is 4.72. The number of rotatable bonds is 0. The molecule has 1 aromatic carbocycles. The first-order valence-electron chi connectivity index (χ1n) is 6.37. The molecule has 1 aliphatic heterocycles. The van der Waals surface area contributed by atoms with Crippen LogP contribution in [0, 0.1) is 6.92 Å². The van der Waals surface area contributed by atoms with Gasteiger partial charge in [0.05, 0.1) is 0 Å². The quantitative estimate of drug-likeness (QED) is 0.666. The molecule has 1 heteroatoms. The van der Waals surface area contributed by atoms with Gasteiger partial charge in [0, 0.05) is 11.2 Å². The van der Waals surface area contributed by atoms with Gasteiger partial charge in [0.2, 0.25) is 0 Å². The summed E-state index contributed by atoms with van der Waals surface area (Å²) in [5.41, 5.74) is 4.39. The Morgan fingerprint density at radius 3 is 2.50 bits per heavy atom. The van der Waals surface area contributed by atoms with Crippen molar-refractivity contribution >= 4 is 5.69 Å². The molecule has 0 aromatic heterocycles. The van der Waals surface area contributed by atoms with Crippen molar-refractivity contribution in [3.63, 3.8) is 0 Å². The Morgan fingerprint density at radius 2 is 1.88 bits per heavy atom. The molecule has 1 N–H and O–H groups in total. The van der Waals surface area contributed by atoms with Gasteiger partial charge in [0.1, 0.15) is 0 Å². The summed E-state index contributed by atoms with van der Waals surface area (Å²) in [7, 11) is 0. The van der Waals surface area contributed by atoms with Crippen LogP contribution in [0.3, 0.4) is 0 Å². The summed E-state index contributed by atoms with van der Waals surface area (Å²) in [5.74, 6) is 0.668. The summed E-state index contributed by atoms with van der Waals surface area (Å²) in [6, 6.07) is 6.70. The molecule has 1 atom stereocenters. The standard InChI is InChI=1S/C13H19N.C2H6/c1-9-5-6-12-11(7-9)10(2)8-13(3,4)14-12;1-2/h5-7,10,14H,8H2,1-4H3;1-2H3/t10-;/m1./s1. The maximum atomic E-state index is 3.59. The van der Waals surface area contributed by atoms with Crippen molar-refractivity contribution in [1.82, 2.24) is 0 Å². The fourth-order valence-electron chi connectivity index (χ4n) is 2.49. The molecule has 16 heavy (non-hydrogen) atoms. The number of anilines is 1. The van der Waals surface area contributed by atoms with Crippen molar-refractivity contribution in [1.29, 1.82) is 0 Å². The summed E-state index contributed by atoms with van der Waals surface area (Å²) in [6.45, 7) is 13.0. The van der Waals surface area contributed by atoms with Crippen LogP contribution in [0.25, 0.3) is 0 Å². The number of hydrogen-bond donors (Lipinski definition) is 1. The SMILES string of the molecule is CC.Cc1ccc2c(c1)[C@H](C)CC(C)(C)N2. The van der Waals surface area contributed by atoms with Gasteiger partial charge in [-0.2, -0.15) is 0 Å². The predicted molar refractivity (Wildman–Crippen MR) is 73.3 cm³/mol. The normalized spacial score (nSPS) is 21.2. The second-order valence-electron chi connectivity index (χ2n) is 5.20. The van der Waals surface area contributed by atoms with E-state index in [0.29, 0.717) is 5.92 Å². The first-order valence-corrected chi connectivity index (χ1v) is 6.37. The van der Waals surface area contributed by atoms with Gasteiger partial charge < -0.3 is 5.32 Å². The Balaban J connectivity index is 0.000000606. The van der Waals surface area contributed by atoms with Crippen molar-refractivity contribution < 1.29 is 0 Å². The van der Waals surface area contributed by atoms with E-state index in [1.807, 2.05) is 13.8 Å². The van der Waals surface area contributed by atoms with Crippen LogP contribution < -0.4 is 5.32 Å². The van der Waals surface area contributed by atoms with Crippen molar-refractivity contribution in [2.45, 2.75) is 59.4 Å². The molecule has 0 radical (unpaired) electrons. The van der Waals surface area contributed by atoms with E-state index in [9.17, 15) is 0 Å². The molecule has 2 rings (SSSR count). The van der Waals surface area contributed by atoms with Crippen LogP contribution in [0.1, 0.15) is 58.1 Å². The third-order valence-corrected chi connectivity index (χ3v) is 3.03. The fourth-order valence-corrected chi connectivity index (χ4v) is 2.49. The Morgan fingerprint density at radius 1 is 1.25 bits per heavy atom. The molecule has 90 valence electrons. The maximum absolute atomic E-state index is 3.59.